The Morgan fingerprint density at radius 3 is 2.71 bits per heavy atom. The molecular weight excluding hydrogens is 180 g/mol. The molecule has 1 aromatic rings. The zero-order valence-electron chi connectivity index (χ0n) is 7.74. The summed E-state index contributed by atoms with van der Waals surface area (Å²) in [5, 5.41) is 19.0. The van der Waals surface area contributed by atoms with Crippen molar-refractivity contribution in [2.24, 2.45) is 5.73 Å². The summed E-state index contributed by atoms with van der Waals surface area (Å²) in [7, 11) is 0. The van der Waals surface area contributed by atoms with Crippen molar-refractivity contribution in [3.05, 3.63) is 30.1 Å². The average Bonchev–Trinajstić information content (AvgIpc) is 2.47. The molecule has 0 amide bonds. The molecule has 0 spiro atoms. The van der Waals surface area contributed by atoms with E-state index in [-0.39, 0.29) is 5.92 Å². The number of hydrogen-bond acceptors (Lipinski definition) is 4. The second-order valence-electron chi connectivity index (χ2n) is 3.76. The van der Waals surface area contributed by atoms with Gasteiger partial charge >= 0.3 is 0 Å². The molecule has 4 nitrogen and oxygen atoms in total. The van der Waals surface area contributed by atoms with Crippen LogP contribution in [0.2, 0.25) is 0 Å². The van der Waals surface area contributed by atoms with Crippen LogP contribution in [0.4, 0.5) is 0 Å². The summed E-state index contributed by atoms with van der Waals surface area (Å²) < 4.78 is 0. The average molecular weight is 194 g/mol. The van der Waals surface area contributed by atoms with Crippen molar-refractivity contribution in [1.82, 2.24) is 4.98 Å². The highest BCUT2D eigenvalue weighted by atomic mass is 16.3. The van der Waals surface area contributed by atoms with Crippen LogP contribution in [-0.4, -0.2) is 33.4 Å². The SMILES string of the molecule is N[C@@H]1C(c2cccnc2)C[C@@H](O)[C@H]1O. The van der Waals surface area contributed by atoms with Gasteiger partial charge in [0.1, 0.15) is 0 Å². The van der Waals surface area contributed by atoms with E-state index in [0.29, 0.717) is 6.42 Å². The number of pyridine rings is 1. The molecule has 0 aromatic carbocycles. The van der Waals surface area contributed by atoms with E-state index in [2.05, 4.69) is 4.98 Å². The Hall–Kier alpha value is -0.970. The number of nitrogens with two attached hydrogens (primary N) is 1. The highest BCUT2D eigenvalue weighted by Crippen LogP contribution is 2.33. The van der Waals surface area contributed by atoms with Crippen molar-refractivity contribution in [3.63, 3.8) is 0 Å². The maximum atomic E-state index is 9.50. The first-order valence-corrected chi connectivity index (χ1v) is 4.72. The number of aromatic nitrogens is 1. The first kappa shape index (κ1) is 9.58. The maximum Gasteiger partial charge on any atom is 0.0955 e. The molecule has 0 saturated heterocycles. The Labute approximate surface area is 82.4 Å². The van der Waals surface area contributed by atoms with Crippen LogP contribution in [0.1, 0.15) is 17.9 Å². The van der Waals surface area contributed by atoms with Gasteiger partial charge in [-0.15, -0.1) is 0 Å². The fourth-order valence-corrected chi connectivity index (χ4v) is 2.00. The zero-order chi connectivity index (χ0) is 10.1. The monoisotopic (exact) mass is 194 g/mol. The number of rotatable bonds is 1. The van der Waals surface area contributed by atoms with Crippen LogP contribution < -0.4 is 5.73 Å². The van der Waals surface area contributed by atoms with Gasteiger partial charge in [0.2, 0.25) is 0 Å². The molecule has 2 rings (SSSR count). The Bertz CT molecular complexity index is 304. The second kappa shape index (κ2) is 3.65. The van der Waals surface area contributed by atoms with Gasteiger partial charge < -0.3 is 15.9 Å². The van der Waals surface area contributed by atoms with Crippen molar-refractivity contribution < 1.29 is 10.2 Å². The third-order valence-corrected chi connectivity index (χ3v) is 2.86. The van der Waals surface area contributed by atoms with Crippen molar-refractivity contribution in [2.45, 2.75) is 30.6 Å². The van der Waals surface area contributed by atoms with Gasteiger partial charge in [0.05, 0.1) is 12.2 Å². The Balaban J connectivity index is 2.21. The predicted molar refractivity (Wildman–Crippen MR) is 51.6 cm³/mol. The quantitative estimate of drug-likeness (QED) is 0.569. The van der Waals surface area contributed by atoms with E-state index in [4.69, 9.17) is 5.73 Å². The molecule has 1 aliphatic carbocycles. The zero-order valence-corrected chi connectivity index (χ0v) is 7.74. The lowest BCUT2D eigenvalue weighted by Gasteiger charge is -2.16. The minimum Gasteiger partial charge on any atom is -0.390 e. The van der Waals surface area contributed by atoms with E-state index >= 15 is 0 Å². The summed E-state index contributed by atoms with van der Waals surface area (Å²) in [6, 6.07) is 3.36. The molecule has 4 N–H and O–H groups in total. The molecule has 1 aliphatic rings. The van der Waals surface area contributed by atoms with Crippen molar-refractivity contribution in [1.29, 1.82) is 0 Å². The fourth-order valence-electron chi connectivity index (χ4n) is 2.00. The number of nitrogens with zero attached hydrogens (tertiary/aromatic N) is 1. The third kappa shape index (κ3) is 1.52. The lowest BCUT2D eigenvalue weighted by atomic mass is 9.96. The Morgan fingerprint density at radius 2 is 2.21 bits per heavy atom. The minimum absolute atomic E-state index is 0.00806. The van der Waals surface area contributed by atoms with Gasteiger partial charge in [0, 0.05) is 24.4 Å². The minimum atomic E-state index is -0.819. The second-order valence-corrected chi connectivity index (χ2v) is 3.76. The molecule has 0 radical (unpaired) electrons. The van der Waals surface area contributed by atoms with Crippen molar-refractivity contribution in [3.8, 4) is 0 Å². The molecule has 1 aromatic heterocycles. The molecule has 1 unspecified atom stereocenters. The third-order valence-electron chi connectivity index (χ3n) is 2.86. The molecule has 0 aliphatic heterocycles. The summed E-state index contributed by atoms with van der Waals surface area (Å²) in [5.74, 6) is 0.00806. The van der Waals surface area contributed by atoms with E-state index in [0.717, 1.165) is 5.56 Å². The first-order chi connectivity index (χ1) is 6.70. The molecule has 14 heavy (non-hydrogen) atoms. The van der Waals surface area contributed by atoms with Gasteiger partial charge in [-0.05, 0) is 18.1 Å². The van der Waals surface area contributed by atoms with Crippen LogP contribution in [0.15, 0.2) is 24.5 Å². The molecule has 4 heteroatoms. The fraction of sp³-hybridized carbons (Fsp3) is 0.500. The van der Waals surface area contributed by atoms with Crippen LogP contribution >= 0.6 is 0 Å². The van der Waals surface area contributed by atoms with Gasteiger partial charge in [-0.2, -0.15) is 0 Å². The predicted octanol–water partition coefficient (Wildman–Crippen LogP) is -0.382. The van der Waals surface area contributed by atoms with Crippen LogP contribution in [0.5, 0.6) is 0 Å². The maximum absolute atomic E-state index is 9.50. The molecule has 1 heterocycles. The number of aliphatic hydroxyl groups is 2. The van der Waals surface area contributed by atoms with E-state index in [1.165, 1.54) is 0 Å². The van der Waals surface area contributed by atoms with E-state index in [1.54, 1.807) is 12.4 Å². The lowest BCUT2D eigenvalue weighted by molar-refractivity contribution is 0.0363. The summed E-state index contributed by atoms with van der Waals surface area (Å²) in [6.07, 6.45) is 2.40. The van der Waals surface area contributed by atoms with Gasteiger partial charge in [0.25, 0.3) is 0 Å². The summed E-state index contributed by atoms with van der Waals surface area (Å²) in [5.41, 5.74) is 6.79. The highest BCUT2D eigenvalue weighted by molar-refractivity contribution is 5.21. The molecule has 4 atom stereocenters. The molecular formula is C10H14N2O2. The molecule has 0 bridgehead atoms. The van der Waals surface area contributed by atoms with Crippen LogP contribution in [0, 0.1) is 0 Å². The van der Waals surface area contributed by atoms with Gasteiger partial charge in [-0.25, -0.2) is 0 Å². The summed E-state index contributed by atoms with van der Waals surface area (Å²) >= 11 is 0. The Morgan fingerprint density at radius 1 is 1.43 bits per heavy atom. The van der Waals surface area contributed by atoms with Crippen molar-refractivity contribution in [2.75, 3.05) is 0 Å². The highest BCUT2D eigenvalue weighted by Gasteiger charge is 2.39. The molecule has 1 saturated carbocycles. The Kier molecular flexibility index (Phi) is 2.50. The van der Waals surface area contributed by atoms with Gasteiger partial charge in [-0.1, -0.05) is 6.07 Å². The first-order valence-electron chi connectivity index (χ1n) is 4.72. The molecule has 76 valence electrons. The van der Waals surface area contributed by atoms with Crippen LogP contribution in [0.25, 0.3) is 0 Å². The van der Waals surface area contributed by atoms with Crippen molar-refractivity contribution >= 4 is 0 Å². The number of aliphatic hydroxyl groups excluding tert-OH is 2. The van der Waals surface area contributed by atoms with E-state index < -0.39 is 18.2 Å². The molecule has 1 fully saturated rings. The van der Waals surface area contributed by atoms with E-state index in [9.17, 15) is 10.2 Å². The largest absolute Gasteiger partial charge is 0.390 e. The smallest absolute Gasteiger partial charge is 0.0955 e. The topological polar surface area (TPSA) is 79.4 Å². The lowest BCUT2D eigenvalue weighted by Crippen LogP contribution is -2.37. The van der Waals surface area contributed by atoms with Crippen LogP contribution in [-0.2, 0) is 0 Å². The standard InChI is InChI=1S/C10H14N2O2/c11-9-7(4-8(13)10(9)14)6-2-1-3-12-5-6/h1-3,5,7-10,13-14H,4,11H2/t7?,8-,9-,10-/m1/s1. The van der Waals surface area contributed by atoms with Crippen LogP contribution in [0.3, 0.4) is 0 Å². The summed E-state index contributed by atoms with van der Waals surface area (Å²) in [4.78, 5) is 3.99. The number of hydrogen-bond donors (Lipinski definition) is 3. The normalized spacial score (nSPS) is 37.4. The van der Waals surface area contributed by atoms with E-state index in [1.807, 2.05) is 12.1 Å². The van der Waals surface area contributed by atoms with Gasteiger partial charge in [-0.3, -0.25) is 4.98 Å². The van der Waals surface area contributed by atoms with Gasteiger partial charge in [0.15, 0.2) is 0 Å². The summed E-state index contributed by atoms with van der Waals surface area (Å²) in [6.45, 7) is 0.